The summed E-state index contributed by atoms with van der Waals surface area (Å²) in [5.74, 6) is 8.89. The lowest BCUT2D eigenvalue weighted by Gasteiger charge is -2.33. The zero-order valence-electron chi connectivity index (χ0n) is 19.8. The monoisotopic (exact) mass is 500 g/mol. The van der Waals surface area contributed by atoms with Gasteiger partial charge in [-0.2, -0.15) is 4.31 Å². The maximum atomic E-state index is 11.6. The quantitative estimate of drug-likeness (QED) is 0.392. The number of sulfonamides is 1. The van der Waals surface area contributed by atoms with Crippen molar-refractivity contribution in [1.29, 1.82) is 0 Å². The molecule has 9 heteroatoms. The highest BCUT2D eigenvalue weighted by atomic mass is 32.2. The Bertz CT molecular complexity index is 1570. The molecule has 3 aromatic carbocycles. The lowest BCUT2D eigenvalue weighted by Crippen LogP contribution is -2.48. The van der Waals surface area contributed by atoms with Gasteiger partial charge in [0.25, 0.3) is 0 Å². The third kappa shape index (κ3) is 5.25. The van der Waals surface area contributed by atoms with E-state index in [0.29, 0.717) is 30.4 Å². The van der Waals surface area contributed by atoms with Crippen LogP contribution >= 0.6 is 0 Å². The van der Waals surface area contributed by atoms with Crippen molar-refractivity contribution >= 4 is 32.4 Å². The number of hydrogen-bond donors (Lipinski definition) is 1. The predicted octanol–water partition coefficient (Wildman–Crippen LogP) is 4.42. The number of benzene rings is 3. The molecule has 0 spiro atoms. The van der Waals surface area contributed by atoms with Gasteiger partial charge in [-0.15, -0.1) is 0 Å². The largest absolute Gasteiger partial charge is 0.493 e. The van der Waals surface area contributed by atoms with Gasteiger partial charge < -0.3 is 14.8 Å². The smallest absolute Gasteiger partial charge is 0.211 e. The molecule has 1 saturated heterocycles. The summed E-state index contributed by atoms with van der Waals surface area (Å²) in [5.41, 5.74) is 2.36. The van der Waals surface area contributed by atoms with Crippen LogP contribution in [-0.4, -0.2) is 49.1 Å². The van der Waals surface area contributed by atoms with E-state index in [-0.39, 0.29) is 5.92 Å². The number of nitrogens with zero attached hydrogens (tertiary/aromatic N) is 3. The third-order valence-corrected chi connectivity index (χ3v) is 7.01. The number of para-hydroxylation sites is 1. The van der Waals surface area contributed by atoms with Gasteiger partial charge in [0.1, 0.15) is 17.9 Å². The molecule has 0 aliphatic carbocycles. The number of anilines is 2. The predicted molar refractivity (Wildman–Crippen MR) is 139 cm³/mol. The molecule has 0 saturated carbocycles. The Labute approximate surface area is 210 Å². The van der Waals surface area contributed by atoms with Crippen LogP contribution < -0.4 is 14.8 Å². The molecule has 0 amide bonds. The molecule has 0 unspecified atom stereocenters. The number of hydrogen-bond acceptors (Lipinski definition) is 7. The normalized spacial score (nSPS) is 13.9. The molecule has 1 fully saturated rings. The average molecular weight is 501 g/mol. The van der Waals surface area contributed by atoms with Gasteiger partial charge in [-0.05, 0) is 42.5 Å². The van der Waals surface area contributed by atoms with Crippen molar-refractivity contribution in [3.05, 3.63) is 78.6 Å². The molecule has 1 aliphatic rings. The van der Waals surface area contributed by atoms with Crippen LogP contribution in [0.1, 0.15) is 5.56 Å². The molecule has 1 aromatic heterocycles. The zero-order valence-corrected chi connectivity index (χ0v) is 20.6. The van der Waals surface area contributed by atoms with Crippen LogP contribution in [0.25, 0.3) is 10.9 Å². The van der Waals surface area contributed by atoms with Crippen molar-refractivity contribution in [2.75, 3.05) is 31.8 Å². The zero-order chi connectivity index (χ0) is 25.1. The van der Waals surface area contributed by atoms with Gasteiger partial charge in [0.2, 0.25) is 10.0 Å². The summed E-state index contributed by atoms with van der Waals surface area (Å²) in [6.07, 6.45) is 2.72. The van der Waals surface area contributed by atoms with E-state index >= 15 is 0 Å². The number of nitrogens with one attached hydrogen (secondary N) is 1. The fourth-order valence-electron chi connectivity index (χ4n) is 3.80. The van der Waals surface area contributed by atoms with Crippen molar-refractivity contribution in [2.45, 2.75) is 0 Å². The van der Waals surface area contributed by atoms with E-state index in [1.54, 1.807) is 7.11 Å². The van der Waals surface area contributed by atoms with Crippen molar-refractivity contribution in [1.82, 2.24) is 14.3 Å². The second-order valence-electron chi connectivity index (χ2n) is 8.41. The molecule has 8 nitrogen and oxygen atoms in total. The van der Waals surface area contributed by atoms with Crippen LogP contribution in [-0.2, 0) is 10.0 Å². The van der Waals surface area contributed by atoms with Crippen LogP contribution in [0.15, 0.2) is 73.1 Å². The van der Waals surface area contributed by atoms with E-state index in [0.717, 1.165) is 27.9 Å². The first-order valence-electron chi connectivity index (χ1n) is 11.3. The Morgan fingerprint density at radius 2 is 1.81 bits per heavy atom. The SMILES string of the molecule is COc1cc(Nc2ncnc3ccc(C#CC4CN(S(C)(=O)=O)C4)cc23)ccc1Oc1ccccc1. The maximum absolute atomic E-state index is 11.6. The number of methoxy groups -OCH3 is 1. The number of aromatic nitrogens is 2. The number of ether oxygens (including phenoxy) is 2. The maximum Gasteiger partial charge on any atom is 0.211 e. The number of fused-ring (bicyclic) bond motifs is 1. The molecule has 0 atom stereocenters. The van der Waals surface area contributed by atoms with Crippen LogP contribution in [0.3, 0.4) is 0 Å². The van der Waals surface area contributed by atoms with E-state index < -0.39 is 10.0 Å². The molecule has 4 aromatic rings. The lowest BCUT2D eigenvalue weighted by atomic mass is 10.0. The van der Waals surface area contributed by atoms with E-state index in [4.69, 9.17) is 9.47 Å². The Morgan fingerprint density at radius 3 is 2.56 bits per heavy atom. The summed E-state index contributed by atoms with van der Waals surface area (Å²) in [6, 6.07) is 20.8. The first kappa shape index (κ1) is 23.6. The first-order valence-corrected chi connectivity index (χ1v) is 13.1. The lowest BCUT2D eigenvalue weighted by molar-refractivity contribution is 0.252. The Hall–Kier alpha value is -4.13. The van der Waals surface area contributed by atoms with Crippen molar-refractivity contribution in [3.63, 3.8) is 0 Å². The Morgan fingerprint density at radius 1 is 1.00 bits per heavy atom. The molecule has 0 radical (unpaired) electrons. The summed E-state index contributed by atoms with van der Waals surface area (Å²) in [5, 5.41) is 4.16. The standard InChI is InChI=1S/C27H24N4O4S/c1-34-26-15-21(11-13-25(26)35-22-6-4-3-5-7-22)30-27-23-14-19(10-12-24(23)28-18-29-27)8-9-20-16-31(17-20)36(2,32)33/h3-7,10-15,18,20H,16-17H2,1-2H3,(H,28,29,30). The van der Waals surface area contributed by atoms with E-state index in [2.05, 4.69) is 27.1 Å². The van der Waals surface area contributed by atoms with Gasteiger partial charge in [0.15, 0.2) is 11.5 Å². The molecule has 1 aliphatic heterocycles. The summed E-state index contributed by atoms with van der Waals surface area (Å²) in [4.78, 5) is 8.79. The van der Waals surface area contributed by atoms with Crippen molar-refractivity contribution in [3.8, 4) is 29.1 Å². The summed E-state index contributed by atoms with van der Waals surface area (Å²) in [6.45, 7) is 0.863. The van der Waals surface area contributed by atoms with Gasteiger partial charge in [-0.25, -0.2) is 18.4 Å². The molecular formula is C27H24N4O4S. The van der Waals surface area contributed by atoms with Crippen LogP contribution in [0.5, 0.6) is 17.2 Å². The molecule has 1 N–H and O–H groups in total. The topological polar surface area (TPSA) is 93.6 Å². The van der Waals surface area contributed by atoms with Gasteiger partial charge >= 0.3 is 0 Å². The highest BCUT2D eigenvalue weighted by molar-refractivity contribution is 7.88. The molecule has 182 valence electrons. The third-order valence-electron chi connectivity index (χ3n) is 5.77. The Kier molecular flexibility index (Phi) is 6.46. The first-order chi connectivity index (χ1) is 17.4. The van der Waals surface area contributed by atoms with Gasteiger partial charge in [-0.3, -0.25) is 0 Å². The van der Waals surface area contributed by atoms with Crippen LogP contribution in [0.4, 0.5) is 11.5 Å². The van der Waals surface area contributed by atoms with Crippen LogP contribution in [0, 0.1) is 17.8 Å². The minimum atomic E-state index is -3.15. The highest BCUT2D eigenvalue weighted by Crippen LogP contribution is 2.35. The van der Waals surface area contributed by atoms with Gasteiger partial charge in [-0.1, -0.05) is 30.0 Å². The number of rotatable bonds is 6. The summed E-state index contributed by atoms with van der Waals surface area (Å²) < 4.78 is 36.0. The van der Waals surface area contributed by atoms with Gasteiger partial charge in [0, 0.05) is 41.7 Å². The van der Waals surface area contributed by atoms with Crippen LogP contribution in [0.2, 0.25) is 0 Å². The van der Waals surface area contributed by atoms with E-state index in [9.17, 15) is 8.42 Å². The summed E-state index contributed by atoms with van der Waals surface area (Å²) in [7, 11) is -1.55. The molecular weight excluding hydrogens is 476 g/mol. The minimum absolute atomic E-state index is 0.0316. The highest BCUT2D eigenvalue weighted by Gasteiger charge is 2.31. The fourth-order valence-corrected chi connectivity index (χ4v) is 4.70. The molecule has 5 rings (SSSR count). The van der Waals surface area contributed by atoms with E-state index in [1.165, 1.54) is 16.9 Å². The van der Waals surface area contributed by atoms with Crippen molar-refractivity contribution in [2.24, 2.45) is 5.92 Å². The van der Waals surface area contributed by atoms with E-state index in [1.807, 2.05) is 66.7 Å². The second-order valence-corrected chi connectivity index (χ2v) is 10.4. The minimum Gasteiger partial charge on any atom is -0.493 e. The molecule has 0 bridgehead atoms. The second kappa shape index (κ2) is 9.85. The Balaban J connectivity index is 1.36. The molecule has 36 heavy (non-hydrogen) atoms. The fraction of sp³-hybridized carbons (Fsp3) is 0.185. The molecule has 2 heterocycles. The van der Waals surface area contributed by atoms with Crippen molar-refractivity contribution < 1.29 is 17.9 Å². The van der Waals surface area contributed by atoms with Gasteiger partial charge in [0.05, 0.1) is 18.9 Å². The summed E-state index contributed by atoms with van der Waals surface area (Å²) >= 11 is 0. The average Bonchev–Trinajstić information content (AvgIpc) is 2.84.